The molecule has 4 heterocycles. The SMILES string of the molecule is CCCCCCOC(=O)[C@@H]1CCCCN1C1CCN(C(=O)[C@@H](Cc2cc(Cl)c(N)c(C(F)(F)F)c2)OC(=O)N2CCC(N3CCc4ccccc4NC3=O)CC2)CC1. The van der Waals surface area contributed by atoms with Crippen LogP contribution >= 0.6 is 11.6 Å². The van der Waals surface area contributed by atoms with Crippen molar-refractivity contribution in [3.05, 3.63) is 58.1 Å². The number of nitrogens with one attached hydrogen (secondary N) is 1. The smallest absolute Gasteiger partial charge is 0.418 e. The number of nitrogens with two attached hydrogens (primary N) is 1. The Kier molecular flexibility index (Phi) is 14.7. The van der Waals surface area contributed by atoms with Gasteiger partial charge in [-0.1, -0.05) is 62.4 Å². The lowest BCUT2D eigenvalue weighted by Crippen LogP contribution is -2.56. The molecule has 2 aromatic rings. The second kappa shape index (κ2) is 19.7. The average Bonchev–Trinajstić information content (AvgIpc) is 3.39. The minimum atomic E-state index is -4.80. The number of hydrogen-bond acceptors (Lipinski definition) is 8. The summed E-state index contributed by atoms with van der Waals surface area (Å²) >= 11 is 6.15. The van der Waals surface area contributed by atoms with E-state index in [9.17, 15) is 32.3 Å². The van der Waals surface area contributed by atoms with Crippen LogP contribution in [0.3, 0.4) is 0 Å². The lowest BCUT2D eigenvalue weighted by molar-refractivity contribution is -0.154. The van der Waals surface area contributed by atoms with Crippen molar-refractivity contribution >= 4 is 47.0 Å². The van der Waals surface area contributed by atoms with Crippen molar-refractivity contribution in [3.8, 4) is 0 Å². The van der Waals surface area contributed by atoms with Crippen molar-refractivity contribution in [1.29, 1.82) is 0 Å². The van der Waals surface area contributed by atoms with Gasteiger partial charge in [-0.3, -0.25) is 14.5 Å². The largest absolute Gasteiger partial charge is 0.465 e. The molecular formula is C42H56ClF3N6O6. The van der Waals surface area contributed by atoms with Gasteiger partial charge in [0, 0.05) is 56.9 Å². The number of hydrogen-bond donors (Lipinski definition) is 2. The summed E-state index contributed by atoms with van der Waals surface area (Å²) in [6.45, 7) is 4.96. The zero-order valence-electron chi connectivity index (χ0n) is 33.2. The quantitative estimate of drug-likeness (QED) is 0.127. The third-order valence-corrected chi connectivity index (χ3v) is 12.4. The maximum atomic E-state index is 14.2. The van der Waals surface area contributed by atoms with Gasteiger partial charge in [0.1, 0.15) is 6.04 Å². The summed E-state index contributed by atoms with van der Waals surface area (Å²) in [6, 6.07) is 9.15. The number of piperidine rings is 3. The van der Waals surface area contributed by atoms with Gasteiger partial charge in [-0.05, 0) is 87.2 Å². The number of rotatable bonds is 12. The number of unbranched alkanes of at least 4 members (excludes halogenated alkanes) is 3. The molecule has 0 spiro atoms. The van der Waals surface area contributed by atoms with Crippen LogP contribution in [0.5, 0.6) is 0 Å². The molecule has 6 rings (SSSR count). The number of para-hydroxylation sites is 1. The molecule has 2 aromatic carbocycles. The number of halogens is 4. The van der Waals surface area contributed by atoms with Crippen LogP contribution in [0.25, 0.3) is 0 Å². The molecule has 4 aliphatic rings. The highest BCUT2D eigenvalue weighted by atomic mass is 35.5. The Morgan fingerprint density at radius 1 is 0.914 bits per heavy atom. The molecule has 58 heavy (non-hydrogen) atoms. The summed E-state index contributed by atoms with van der Waals surface area (Å²) in [6.07, 6.45) is 2.10. The molecule has 0 unspecified atom stereocenters. The first kappa shape index (κ1) is 43.3. The van der Waals surface area contributed by atoms with E-state index >= 15 is 0 Å². The second-order valence-electron chi connectivity index (χ2n) is 15.9. The maximum Gasteiger partial charge on any atom is 0.418 e. The highest BCUT2D eigenvalue weighted by molar-refractivity contribution is 6.33. The summed E-state index contributed by atoms with van der Waals surface area (Å²) in [5, 5.41) is 2.67. The maximum absolute atomic E-state index is 14.2. The number of carbonyl (C=O) groups excluding carboxylic acids is 4. The van der Waals surface area contributed by atoms with Crippen LogP contribution in [0.15, 0.2) is 36.4 Å². The van der Waals surface area contributed by atoms with Gasteiger partial charge in [-0.15, -0.1) is 0 Å². The number of carbonyl (C=O) groups is 4. The summed E-state index contributed by atoms with van der Waals surface area (Å²) in [7, 11) is 0. The Balaban J connectivity index is 1.10. The number of nitrogen functional groups attached to an aromatic ring is 1. The molecule has 3 saturated heterocycles. The van der Waals surface area contributed by atoms with E-state index in [0.717, 1.165) is 62.4 Å². The minimum absolute atomic E-state index is 0.0370. The average molecular weight is 833 g/mol. The van der Waals surface area contributed by atoms with E-state index in [1.54, 1.807) is 9.80 Å². The number of urea groups is 1. The van der Waals surface area contributed by atoms with Crippen molar-refractivity contribution in [2.75, 3.05) is 56.9 Å². The number of fused-ring (bicyclic) bond motifs is 1. The first-order valence-electron chi connectivity index (χ1n) is 20.8. The number of anilines is 2. The molecule has 16 heteroatoms. The van der Waals surface area contributed by atoms with Crippen LogP contribution in [-0.2, 0) is 38.1 Å². The zero-order chi connectivity index (χ0) is 41.4. The summed E-state index contributed by atoms with van der Waals surface area (Å²) in [4.78, 5) is 61.4. The van der Waals surface area contributed by atoms with Crippen LogP contribution < -0.4 is 11.1 Å². The predicted molar refractivity (Wildman–Crippen MR) is 214 cm³/mol. The lowest BCUT2D eigenvalue weighted by Gasteiger charge is -2.44. The summed E-state index contributed by atoms with van der Waals surface area (Å²) in [5.41, 5.74) is 5.81. The highest BCUT2D eigenvalue weighted by Gasteiger charge is 2.40. The van der Waals surface area contributed by atoms with Gasteiger partial charge in [0.05, 0.1) is 22.9 Å². The fraction of sp³-hybridized carbons (Fsp3) is 0.619. The van der Waals surface area contributed by atoms with Gasteiger partial charge in [0.2, 0.25) is 0 Å². The van der Waals surface area contributed by atoms with E-state index in [4.69, 9.17) is 26.8 Å². The third-order valence-electron chi connectivity index (χ3n) is 12.0. The minimum Gasteiger partial charge on any atom is -0.465 e. The van der Waals surface area contributed by atoms with Gasteiger partial charge in [-0.25, -0.2) is 9.59 Å². The fourth-order valence-corrected chi connectivity index (χ4v) is 9.02. The van der Waals surface area contributed by atoms with Crippen molar-refractivity contribution in [3.63, 3.8) is 0 Å². The monoisotopic (exact) mass is 832 g/mol. The van der Waals surface area contributed by atoms with Gasteiger partial charge >= 0.3 is 24.3 Å². The molecule has 4 aliphatic heterocycles. The first-order valence-corrected chi connectivity index (χ1v) is 21.2. The number of esters is 1. The van der Waals surface area contributed by atoms with Crippen molar-refractivity contribution < 1.29 is 41.8 Å². The number of nitrogens with zero attached hydrogens (tertiary/aromatic N) is 4. The number of likely N-dealkylation sites (tertiary alicyclic amines) is 3. The van der Waals surface area contributed by atoms with Gasteiger partial charge in [0.25, 0.3) is 5.91 Å². The van der Waals surface area contributed by atoms with E-state index in [1.165, 1.54) is 11.0 Å². The normalized spacial score (nSPS) is 20.5. The van der Waals surface area contributed by atoms with Crippen molar-refractivity contribution in [2.45, 2.75) is 121 Å². The Labute approximate surface area is 343 Å². The number of alkyl halides is 3. The number of amides is 4. The molecule has 2 atom stereocenters. The Morgan fingerprint density at radius 2 is 1.62 bits per heavy atom. The molecule has 3 N–H and O–H groups in total. The van der Waals surface area contributed by atoms with E-state index in [0.29, 0.717) is 64.8 Å². The Hall–Kier alpha value is -4.24. The molecule has 0 saturated carbocycles. The number of ether oxygens (including phenoxy) is 2. The molecule has 12 nitrogen and oxygen atoms in total. The van der Waals surface area contributed by atoms with E-state index < -0.39 is 35.5 Å². The van der Waals surface area contributed by atoms with Crippen LogP contribution in [0.1, 0.15) is 94.2 Å². The molecule has 0 bridgehead atoms. The third kappa shape index (κ3) is 10.7. The van der Waals surface area contributed by atoms with E-state index in [2.05, 4.69) is 17.1 Å². The Morgan fingerprint density at radius 3 is 2.34 bits per heavy atom. The van der Waals surface area contributed by atoms with Crippen LogP contribution in [0.2, 0.25) is 5.02 Å². The van der Waals surface area contributed by atoms with Gasteiger partial charge < -0.3 is 35.2 Å². The van der Waals surface area contributed by atoms with Crippen LogP contribution in [0, 0.1) is 0 Å². The number of benzene rings is 2. The van der Waals surface area contributed by atoms with Crippen molar-refractivity contribution in [2.24, 2.45) is 0 Å². The molecule has 3 fully saturated rings. The predicted octanol–water partition coefficient (Wildman–Crippen LogP) is 7.51. The lowest BCUT2D eigenvalue weighted by atomic mass is 9.94. The topological polar surface area (TPSA) is 138 Å². The van der Waals surface area contributed by atoms with Crippen molar-refractivity contribution in [1.82, 2.24) is 19.6 Å². The van der Waals surface area contributed by atoms with Gasteiger partial charge in [0.15, 0.2) is 6.10 Å². The molecule has 0 aliphatic carbocycles. The van der Waals surface area contributed by atoms with E-state index in [1.807, 2.05) is 24.3 Å². The summed E-state index contributed by atoms with van der Waals surface area (Å²) in [5.74, 6) is -0.725. The zero-order valence-corrected chi connectivity index (χ0v) is 34.0. The molecular weight excluding hydrogens is 777 g/mol. The van der Waals surface area contributed by atoms with Gasteiger partial charge in [-0.2, -0.15) is 13.2 Å². The van der Waals surface area contributed by atoms with Crippen LogP contribution in [0.4, 0.5) is 34.1 Å². The molecule has 4 amide bonds. The molecule has 0 aromatic heterocycles. The van der Waals surface area contributed by atoms with E-state index in [-0.39, 0.29) is 60.2 Å². The first-order chi connectivity index (χ1) is 27.8. The summed E-state index contributed by atoms with van der Waals surface area (Å²) < 4.78 is 53.4. The highest BCUT2D eigenvalue weighted by Crippen LogP contribution is 2.38. The Bertz CT molecular complexity index is 1770. The standard InChI is InChI=1S/C42H56ClF3N6O6/c1-2-3-4-9-24-57-39(54)35-12-7-8-18-51(35)30-14-19-49(20-15-30)38(53)36(27-28-25-32(42(44,45)46)37(47)33(43)26-28)58-41(56)50-21-16-31(17-22-50)52-23-13-29-10-5-6-11-34(29)48-40(52)55/h5-6,10-11,25-26,30-31,35-36H,2-4,7-9,12-24,27,47H2,1H3,(H,48,55)/t35-,36+/m0/s1. The second-order valence-corrected chi connectivity index (χ2v) is 16.3. The molecule has 0 radical (unpaired) electrons. The van der Waals surface area contributed by atoms with Crippen LogP contribution in [-0.4, -0.2) is 114 Å². The fourth-order valence-electron chi connectivity index (χ4n) is 8.78. The molecule has 318 valence electrons.